The SMILES string of the molecule is CCc1ccsc1CNc1cc([N+](=O)[O-])c(C)cn1. The fraction of sp³-hybridized carbons (Fsp3) is 0.308. The maximum Gasteiger partial charge on any atom is 0.277 e. The minimum atomic E-state index is -0.384. The Hall–Kier alpha value is -1.95. The van der Waals surface area contributed by atoms with Crippen molar-refractivity contribution in [3.8, 4) is 0 Å². The summed E-state index contributed by atoms with van der Waals surface area (Å²) in [5.41, 5.74) is 1.97. The number of hydrogen-bond donors (Lipinski definition) is 1. The maximum absolute atomic E-state index is 10.9. The normalized spacial score (nSPS) is 10.4. The van der Waals surface area contributed by atoms with Crippen LogP contribution in [0.5, 0.6) is 0 Å². The lowest BCUT2D eigenvalue weighted by atomic mass is 10.2. The van der Waals surface area contributed by atoms with E-state index in [1.165, 1.54) is 22.7 Å². The zero-order valence-corrected chi connectivity index (χ0v) is 11.7. The molecule has 100 valence electrons. The highest BCUT2D eigenvalue weighted by molar-refractivity contribution is 7.10. The average molecular weight is 277 g/mol. The van der Waals surface area contributed by atoms with Crippen LogP contribution in [0.15, 0.2) is 23.7 Å². The molecule has 0 saturated carbocycles. The predicted octanol–water partition coefficient (Wildman–Crippen LogP) is 3.53. The number of aryl methyl sites for hydroxylation is 2. The van der Waals surface area contributed by atoms with E-state index in [0.717, 1.165) is 6.42 Å². The van der Waals surface area contributed by atoms with E-state index in [1.807, 2.05) is 0 Å². The summed E-state index contributed by atoms with van der Waals surface area (Å²) in [5.74, 6) is 0.535. The number of anilines is 1. The Balaban J connectivity index is 2.12. The maximum atomic E-state index is 10.9. The molecule has 0 spiro atoms. The van der Waals surface area contributed by atoms with Gasteiger partial charge in [0.25, 0.3) is 5.69 Å². The molecule has 0 aromatic carbocycles. The van der Waals surface area contributed by atoms with E-state index in [2.05, 4.69) is 28.7 Å². The van der Waals surface area contributed by atoms with Crippen molar-refractivity contribution < 1.29 is 4.92 Å². The molecular formula is C13H15N3O2S. The van der Waals surface area contributed by atoms with Gasteiger partial charge in [-0.25, -0.2) is 4.98 Å². The summed E-state index contributed by atoms with van der Waals surface area (Å²) in [5, 5.41) is 16.1. The lowest BCUT2D eigenvalue weighted by molar-refractivity contribution is -0.385. The monoisotopic (exact) mass is 277 g/mol. The van der Waals surface area contributed by atoms with E-state index in [-0.39, 0.29) is 10.6 Å². The second-order valence-corrected chi connectivity index (χ2v) is 5.19. The molecule has 0 aliphatic rings. The van der Waals surface area contributed by atoms with Crippen LogP contribution in [0.1, 0.15) is 22.9 Å². The summed E-state index contributed by atoms with van der Waals surface area (Å²) in [7, 11) is 0. The molecule has 2 rings (SSSR count). The molecule has 2 heterocycles. The highest BCUT2D eigenvalue weighted by Gasteiger charge is 2.12. The van der Waals surface area contributed by atoms with E-state index < -0.39 is 0 Å². The number of nitrogens with zero attached hydrogens (tertiary/aromatic N) is 2. The number of nitro groups is 1. The molecule has 0 atom stereocenters. The van der Waals surface area contributed by atoms with Gasteiger partial charge < -0.3 is 5.32 Å². The first-order chi connectivity index (χ1) is 9.11. The minimum absolute atomic E-state index is 0.0967. The Morgan fingerprint density at radius 2 is 2.32 bits per heavy atom. The molecule has 0 bridgehead atoms. The van der Waals surface area contributed by atoms with Crippen LogP contribution in [-0.4, -0.2) is 9.91 Å². The number of nitrogens with one attached hydrogen (secondary N) is 1. The average Bonchev–Trinajstić information content (AvgIpc) is 2.84. The fourth-order valence-corrected chi connectivity index (χ4v) is 2.73. The van der Waals surface area contributed by atoms with Crippen LogP contribution >= 0.6 is 11.3 Å². The van der Waals surface area contributed by atoms with Crippen molar-refractivity contribution >= 4 is 22.8 Å². The second-order valence-electron chi connectivity index (χ2n) is 4.19. The summed E-state index contributed by atoms with van der Waals surface area (Å²) in [4.78, 5) is 15.9. The van der Waals surface area contributed by atoms with Crippen molar-refractivity contribution in [2.75, 3.05) is 5.32 Å². The second kappa shape index (κ2) is 5.79. The van der Waals surface area contributed by atoms with Crippen molar-refractivity contribution in [1.82, 2.24) is 4.98 Å². The third-order valence-corrected chi connectivity index (χ3v) is 3.88. The third-order valence-electron chi connectivity index (χ3n) is 2.92. The van der Waals surface area contributed by atoms with Crippen LogP contribution in [0.4, 0.5) is 11.5 Å². The van der Waals surface area contributed by atoms with Crippen LogP contribution in [-0.2, 0) is 13.0 Å². The fourth-order valence-electron chi connectivity index (χ4n) is 1.81. The van der Waals surface area contributed by atoms with Gasteiger partial charge >= 0.3 is 0 Å². The smallest absolute Gasteiger partial charge is 0.277 e. The lowest BCUT2D eigenvalue weighted by Crippen LogP contribution is -2.03. The highest BCUT2D eigenvalue weighted by atomic mass is 32.1. The number of pyridine rings is 1. The molecule has 1 N–H and O–H groups in total. The van der Waals surface area contributed by atoms with Crippen LogP contribution in [0.2, 0.25) is 0 Å². The third kappa shape index (κ3) is 3.08. The first-order valence-corrected chi connectivity index (χ1v) is 6.90. The zero-order chi connectivity index (χ0) is 13.8. The van der Waals surface area contributed by atoms with Gasteiger partial charge in [0.05, 0.1) is 17.5 Å². The van der Waals surface area contributed by atoms with Gasteiger partial charge in [-0.3, -0.25) is 10.1 Å². The molecular weight excluding hydrogens is 262 g/mol. The summed E-state index contributed by atoms with van der Waals surface area (Å²) in [6.45, 7) is 4.44. The molecule has 0 aliphatic carbocycles. The standard InChI is InChI=1S/C13H15N3O2S/c1-3-10-4-5-19-12(10)8-15-13-6-11(16(17)18)9(2)7-14-13/h4-7H,3,8H2,1-2H3,(H,14,15). The summed E-state index contributed by atoms with van der Waals surface area (Å²) in [6, 6.07) is 3.58. The largest absolute Gasteiger partial charge is 0.365 e. The van der Waals surface area contributed by atoms with Crippen molar-refractivity contribution in [3.63, 3.8) is 0 Å². The van der Waals surface area contributed by atoms with Gasteiger partial charge in [-0.2, -0.15) is 0 Å². The summed E-state index contributed by atoms with van der Waals surface area (Å²) in [6.07, 6.45) is 2.51. The Morgan fingerprint density at radius 1 is 1.53 bits per heavy atom. The van der Waals surface area contributed by atoms with Gasteiger partial charge in [-0.05, 0) is 30.4 Å². The van der Waals surface area contributed by atoms with E-state index in [0.29, 0.717) is 17.9 Å². The predicted molar refractivity (Wildman–Crippen MR) is 76.7 cm³/mol. The van der Waals surface area contributed by atoms with Crippen molar-refractivity contribution in [2.24, 2.45) is 0 Å². The number of aromatic nitrogens is 1. The molecule has 0 amide bonds. The molecule has 0 radical (unpaired) electrons. The van der Waals surface area contributed by atoms with Gasteiger partial charge in [0.1, 0.15) is 5.82 Å². The van der Waals surface area contributed by atoms with Crippen LogP contribution in [0.3, 0.4) is 0 Å². The topological polar surface area (TPSA) is 68.1 Å². The van der Waals surface area contributed by atoms with Crippen molar-refractivity contribution in [1.29, 1.82) is 0 Å². The van der Waals surface area contributed by atoms with E-state index in [4.69, 9.17) is 0 Å². The summed E-state index contributed by atoms with van der Waals surface area (Å²) < 4.78 is 0. The number of hydrogen-bond acceptors (Lipinski definition) is 5. The quantitative estimate of drug-likeness (QED) is 0.670. The van der Waals surface area contributed by atoms with Gasteiger partial charge in [0.2, 0.25) is 0 Å². The van der Waals surface area contributed by atoms with Crippen molar-refractivity contribution in [2.45, 2.75) is 26.8 Å². The number of rotatable bonds is 5. The molecule has 0 saturated heterocycles. The van der Waals surface area contributed by atoms with E-state index in [1.54, 1.807) is 18.3 Å². The first kappa shape index (κ1) is 13.5. The summed E-state index contributed by atoms with van der Waals surface area (Å²) >= 11 is 1.68. The zero-order valence-electron chi connectivity index (χ0n) is 10.8. The van der Waals surface area contributed by atoms with Crippen molar-refractivity contribution in [3.05, 3.63) is 49.8 Å². The van der Waals surface area contributed by atoms with Crippen LogP contribution in [0, 0.1) is 17.0 Å². The van der Waals surface area contributed by atoms with Gasteiger partial charge in [-0.15, -0.1) is 11.3 Å². The van der Waals surface area contributed by atoms with Gasteiger partial charge in [0, 0.05) is 16.6 Å². The lowest BCUT2D eigenvalue weighted by Gasteiger charge is -2.06. The van der Waals surface area contributed by atoms with Gasteiger partial charge in [0.15, 0.2) is 0 Å². The van der Waals surface area contributed by atoms with Crippen LogP contribution in [0.25, 0.3) is 0 Å². The minimum Gasteiger partial charge on any atom is -0.365 e. The molecule has 0 fully saturated rings. The first-order valence-electron chi connectivity index (χ1n) is 6.02. The Morgan fingerprint density at radius 3 is 3.00 bits per heavy atom. The molecule has 19 heavy (non-hydrogen) atoms. The molecule has 5 nitrogen and oxygen atoms in total. The molecule has 2 aromatic rings. The van der Waals surface area contributed by atoms with E-state index >= 15 is 0 Å². The molecule has 6 heteroatoms. The Kier molecular flexibility index (Phi) is 4.11. The van der Waals surface area contributed by atoms with Crippen LogP contribution < -0.4 is 5.32 Å². The Labute approximate surface area is 115 Å². The number of thiophene rings is 1. The molecule has 2 aromatic heterocycles. The Bertz CT molecular complexity index is 595. The van der Waals surface area contributed by atoms with Gasteiger partial charge in [-0.1, -0.05) is 6.92 Å². The molecule has 0 aliphatic heterocycles. The highest BCUT2D eigenvalue weighted by Crippen LogP contribution is 2.22. The van der Waals surface area contributed by atoms with E-state index in [9.17, 15) is 10.1 Å². The molecule has 0 unspecified atom stereocenters.